The molecule has 184 valence electrons. The van der Waals surface area contributed by atoms with E-state index in [2.05, 4.69) is 10.2 Å². The monoisotopic (exact) mass is 507 g/mol. The van der Waals surface area contributed by atoms with Gasteiger partial charge in [-0.1, -0.05) is 29.5 Å². The Morgan fingerprint density at radius 1 is 1.14 bits per heavy atom. The van der Waals surface area contributed by atoms with E-state index in [1.807, 2.05) is 6.07 Å². The lowest BCUT2D eigenvalue weighted by atomic mass is 10.1. The van der Waals surface area contributed by atoms with Crippen LogP contribution in [-0.2, 0) is 28.7 Å². The van der Waals surface area contributed by atoms with Gasteiger partial charge in [0.25, 0.3) is 5.91 Å². The van der Waals surface area contributed by atoms with Gasteiger partial charge in [-0.15, -0.1) is 10.2 Å². The van der Waals surface area contributed by atoms with Crippen molar-refractivity contribution in [1.29, 1.82) is 0 Å². The van der Waals surface area contributed by atoms with E-state index in [1.54, 1.807) is 43.3 Å². The summed E-state index contributed by atoms with van der Waals surface area (Å²) in [6, 6.07) is 12.2. The molecule has 2 aromatic carbocycles. The molecule has 3 aromatic rings. The molecule has 0 atom stereocenters. The van der Waals surface area contributed by atoms with Crippen molar-refractivity contribution in [3.63, 3.8) is 0 Å². The molecule has 35 heavy (non-hydrogen) atoms. The molecule has 1 aliphatic rings. The van der Waals surface area contributed by atoms with Crippen molar-refractivity contribution in [2.24, 2.45) is 0 Å². The molecule has 0 N–H and O–H groups in total. The fourth-order valence-electron chi connectivity index (χ4n) is 3.45. The number of carbonyl (C=O) groups excluding carboxylic acids is 2. The molecule has 12 heteroatoms. The minimum Gasteiger partial charge on any atom is -0.493 e. The lowest BCUT2D eigenvalue weighted by Crippen LogP contribution is -2.22. The molecule has 0 unspecified atom stereocenters. The molecule has 0 radical (unpaired) electrons. The predicted octanol–water partition coefficient (Wildman–Crippen LogP) is 4.28. The van der Waals surface area contributed by atoms with Gasteiger partial charge < -0.3 is 14.2 Å². The van der Waals surface area contributed by atoms with Crippen molar-refractivity contribution in [2.75, 3.05) is 24.7 Å². The smallest absolute Gasteiger partial charge is 0.445 e. The van der Waals surface area contributed by atoms with E-state index >= 15 is 0 Å². The van der Waals surface area contributed by atoms with E-state index in [-0.39, 0.29) is 31.5 Å². The molecule has 1 aliphatic heterocycles. The molecule has 1 aromatic heterocycles. The Hall–Kier alpha value is -3.67. The average molecular weight is 507 g/mol. The van der Waals surface area contributed by atoms with Gasteiger partial charge in [0.05, 0.1) is 19.8 Å². The Labute approximate surface area is 202 Å². The van der Waals surface area contributed by atoms with E-state index < -0.39 is 23.1 Å². The average Bonchev–Trinajstić information content (AvgIpc) is 3.44. The maximum atomic E-state index is 12.9. The number of halogens is 3. The number of ether oxygens (including phenoxy) is 3. The third-order valence-electron chi connectivity index (χ3n) is 5.02. The Bertz CT molecular complexity index is 1230. The highest BCUT2D eigenvalue weighted by molar-refractivity contribution is 7.15. The highest BCUT2D eigenvalue weighted by Crippen LogP contribution is 2.38. The van der Waals surface area contributed by atoms with Gasteiger partial charge in [-0.25, -0.2) is 4.79 Å². The van der Waals surface area contributed by atoms with Crippen LogP contribution in [0.1, 0.15) is 33.4 Å². The lowest BCUT2D eigenvalue weighted by Gasteiger charge is -2.12. The second-order valence-corrected chi connectivity index (χ2v) is 8.36. The number of fused-ring (bicyclic) bond motifs is 1. The highest BCUT2D eigenvalue weighted by Gasteiger charge is 2.39. The molecule has 0 saturated carbocycles. The quantitative estimate of drug-likeness (QED) is 0.399. The van der Waals surface area contributed by atoms with Crippen LogP contribution < -0.4 is 14.4 Å². The largest absolute Gasteiger partial charge is 0.493 e. The van der Waals surface area contributed by atoms with Crippen LogP contribution in [0.2, 0.25) is 0 Å². The molecule has 0 aliphatic carbocycles. The maximum Gasteiger partial charge on any atom is 0.445 e. The van der Waals surface area contributed by atoms with Crippen molar-refractivity contribution < 1.29 is 37.0 Å². The molecule has 4 rings (SSSR count). The third kappa shape index (κ3) is 5.70. The number of carbonyl (C=O) groups is 2. The molecule has 0 spiro atoms. The Kier molecular flexibility index (Phi) is 7.20. The maximum absolute atomic E-state index is 12.9. The van der Waals surface area contributed by atoms with Gasteiger partial charge in [-0.2, -0.15) is 13.2 Å². The van der Waals surface area contributed by atoms with E-state index in [1.165, 1.54) is 0 Å². The first kappa shape index (κ1) is 24.5. The first-order chi connectivity index (χ1) is 16.8. The highest BCUT2D eigenvalue weighted by atomic mass is 32.1. The molecule has 2 heterocycles. The van der Waals surface area contributed by atoms with Crippen LogP contribution >= 0.6 is 11.3 Å². The van der Waals surface area contributed by atoms with Crippen LogP contribution in [0, 0.1) is 0 Å². The summed E-state index contributed by atoms with van der Waals surface area (Å²) in [4.78, 5) is 25.4. The van der Waals surface area contributed by atoms with Crippen molar-refractivity contribution in [3.05, 3.63) is 64.2 Å². The van der Waals surface area contributed by atoms with Gasteiger partial charge in [0, 0.05) is 17.5 Å². The molecule has 1 amide bonds. The standard InChI is InChI=1S/C23H20F3N3O5S/c1-2-32-19(30)13-34-15-6-3-5-14(11-15)9-10-33-18-8-4-7-16-17(18)12-29(20(16)31)22-28-27-21(35-22)23(24,25)26/h3-8,11H,2,9-10,12-13H2,1H3. The first-order valence-corrected chi connectivity index (χ1v) is 11.4. The molecule has 0 fully saturated rings. The van der Waals surface area contributed by atoms with Crippen LogP contribution in [0.15, 0.2) is 42.5 Å². The zero-order valence-corrected chi connectivity index (χ0v) is 19.3. The number of hydrogen-bond acceptors (Lipinski definition) is 8. The number of aromatic nitrogens is 2. The summed E-state index contributed by atoms with van der Waals surface area (Å²) in [6.07, 6.45) is -4.11. The number of benzene rings is 2. The van der Waals surface area contributed by atoms with E-state index in [0.29, 0.717) is 40.4 Å². The zero-order valence-electron chi connectivity index (χ0n) is 18.5. The van der Waals surface area contributed by atoms with Gasteiger partial charge in [-0.05, 0) is 36.8 Å². The van der Waals surface area contributed by atoms with Crippen LogP contribution in [0.4, 0.5) is 18.3 Å². The predicted molar refractivity (Wildman–Crippen MR) is 120 cm³/mol. The number of esters is 1. The molecule has 0 bridgehead atoms. The van der Waals surface area contributed by atoms with Gasteiger partial charge >= 0.3 is 12.1 Å². The molecule has 8 nitrogen and oxygen atoms in total. The normalized spacial score (nSPS) is 13.0. The minimum atomic E-state index is -4.62. The van der Waals surface area contributed by atoms with Crippen LogP contribution in [-0.4, -0.2) is 41.9 Å². The summed E-state index contributed by atoms with van der Waals surface area (Å²) < 4.78 is 54.8. The molecular formula is C23H20F3N3O5S. The Balaban J connectivity index is 1.38. The number of rotatable bonds is 9. The molecular weight excluding hydrogens is 487 g/mol. The van der Waals surface area contributed by atoms with Crippen LogP contribution in [0.5, 0.6) is 11.5 Å². The zero-order chi connectivity index (χ0) is 25.0. The second kappa shape index (κ2) is 10.3. The minimum absolute atomic E-state index is 0.0357. The number of anilines is 1. The van der Waals surface area contributed by atoms with Crippen molar-refractivity contribution in [3.8, 4) is 11.5 Å². The fourth-order valence-corrected chi connectivity index (χ4v) is 4.16. The SMILES string of the molecule is CCOC(=O)COc1cccc(CCOc2cccc3c2CN(c2nnc(C(F)(F)F)s2)C3=O)c1. The number of hydrogen-bond donors (Lipinski definition) is 0. The Morgan fingerprint density at radius 2 is 1.94 bits per heavy atom. The number of nitrogens with zero attached hydrogens (tertiary/aromatic N) is 3. The Morgan fingerprint density at radius 3 is 2.69 bits per heavy atom. The van der Waals surface area contributed by atoms with E-state index in [4.69, 9.17) is 14.2 Å². The van der Waals surface area contributed by atoms with Crippen molar-refractivity contribution >= 4 is 28.3 Å². The number of alkyl halides is 3. The van der Waals surface area contributed by atoms with Crippen molar-refractivity contribution in [1.82, 2.24) is 10.2 Å². The summed E-state index contributed by atoms with van der Waals surface area (Å²) in [6.45, 7) is 2.13. The van der Waals surface area contributed by atoms with Gasteiger partial charge in [-0.3, -0.25) is 9.69 Å². The summed E-state index contributed by atoms with van der Waals surface area (Å²) in [7, 11) is 0. The van der Waals surface area contributed by atoms with Crippen LogP contribution in [0.25, 0.3) is 0 Å². The third-order valence-corrected chi connectivity index (χ3v) is 6.01. The van der Waals surface area contributed by atoms with Gasteiger partial charge in [0.1, 0.15) is 11.5 Å². The fraction of sp³-hybridized carbons (Fsp3) is 0.304. The van der Waals surface area contributed by atoms with E-state index in [9.17, 15) is 22.8 Å². The van der Waals surface area contributed by atoms with Gasteiger partial charge in [0.15, 0.2) is 6.61 Å². The second-order valence-electron chi connectivity index (χ2n) is 7.40. The van der Waals surface area contributed by atoms with Crippen LogP contribution in [0.3, 0.4) is 0 Å². The topological polar surface area (TPSA) is 90.8 Å². The summed E-state index contributed by atoms with van der Waals surface area (Å²) >= 11 is 0.318. The van der Waals surface area contributed by atoms with Gasteiger partial charge in [0.2, 0.25) is 10.1 Å². The lowest BCUT2D eigenvalue weighted by molar-refractivity contribution is -0.145. The summed E-state index contributed by atoms with van der Waals surface area (Å²) in [5.74, 6) is 0.0778. The van der Waals surface area contributed by atoms with Crippen molar-refractivity contribution in [2.45, 2.75) is 26.1 Å². The first-order valence-electron chi connectivity index (χ1n) is 10.6. The summed E-state index contributed by atoms with van der Waals surface area (Å²) in [5, 5.41) is 5.47. The molecule has 0 saturated heterocycles. The number of amides is 1. The summed E-state index contributed by atoms with van der Waals surface area (Å²) in [5.41, 5.74) is 1.83. The van der Waals surface area contributed by atoms with E-state index in [0.717, 1.165) is 10.5 Å².